The Morgan fingerprint density at radius 1 is 1.03 bits per heavy atom. The average Bonchev–Trinajstić information content (AvgIpc) is 2.93. The number of morpholine rings is 1. The first-order chi connectivity index (χ1) is 17.2. The van der Waals surface area contributed by atoms with Gasteiger partial charge in [-0.3, -0.25) is 21.0 Å². The van der Waals surface area contributed by atoms with Gasteiger partial charge in [-0.05, 0) is 35.9 Å². The van der Waals surface area contributed by atoms with E-state index in [1.807, 2.05) is 24.1 Å². The van der Waals surface area contributed by atoms with Crippen molar-refractivity contribution in [3.8, 4) is 22.4 Å². The molecular formula is C27H29N5O2S. The zero-order chi connectivity index (χ0) is 24.5. The number of nitrogens with two attached hydrogens (primary N) is 1. The largest absolute Gasteiger partial charge is 0.379 e. The minimum Gasteiger partial charge on any atom is -0.379 e. The number of benzene rings is 2. The van der Waals surface area contributed by atoms with E-state index in [2.05, 4.69) is 69.1 Å². The number of nitrogens with one attached hydrogen (secondary N) is 1. The molecule has 0 bridgehead atoms. The Bertz CT molecular complexity index is 1240. The molecule has 1 saturated heterocycles. The van der Waals surface area contributed by atoms with E-state index in [4.69, 9.17) is 9.72 Å². The molecule has 4 aromatic rings. The van der Waals surface area contributed by atoms with Crippen LogP contribution in [0, 0.1) is 0 Å². The fourth-order valence-corrected chi connectivity index (χ4v) is 4.74. The van der Waals surface area contributed by atoms with E-state index in [0.29, 0.717) is 5.56 Å². The zero-order valence-corrected chi connectivity index (χ0v) is 20.5. The third kappa shape index (κ3) is 6.50. The molecule has 0 amide bonds. The van der Waals surface area contributed by atoms with Gasteiger partial charge in [-0.2, -0.15) is 0 Å². The molecule has 35 heavy (non-hydrogen) atoms. The zero-order valence-electron chi connectivity index (χ0n) is 19.7. The summed E-state index contributed by atoms with van der Waals surface area (Å²) in [4.78, 5) is 20.4. The Kier molecular flexibility index (Phi) is 8.94. The van der Waals surface area contributed by atoms with Crippen molar-refractivity contribution in [2.24, 2.45) is 5.84 Å². The number of aromatic nitrogens is 2. The number of pyridine rings is 2. The van der Waals surface area contributed by atoms with Gasteiger partial charge in [0.15, 0.2) is 6.29 Å². The number of hydrogen-bond donors (Lipinski definition) is 2. The van der Waals surface area contributed by atoms with Gasteiger partial charge in [0.2, 0.25) is 0 Å². The summed E-state index contributed by atoms with van der Waals surface area (Å²) in [7, 11) is 1.65. The van der Waals surface area contributed by atoms with Crippen LogP contribution in [0.25, 0.3) is 33.3 Å². The van der Waals surface area contributed by atoms with E-state index in [1.54, 1.807) is 19.4 Å². The van der Waals surface area contributed by atoms with Crippen LogP contribution >= 0.6 is 11.9 Å². The lowest BCUT2D eigenvalue weighted by Crippen LogP contribution is -2.31. The second-order valence-corrected chi connectivity index (χ2v) is 9.05. The van der Waals surface area contributed by atoms with Crippen molar-refractivity contribution >= 4 is 29.1 Å². The van der Waals surface area contributed by atoms with Gasteiger partial charge >= 0.3 is 0 Å². The van der Waals surface area contributed by atoms with Gasteiger partial charge in [-0.1, -0.05) is 60.5 Å². The van der Waals surface area contributed by atoms with Crippen LogP contribution in [0.4, 0.5) is 0 Å². The highest BCUT2D eigenvalue weighted by molar-refractivity contribution is 7.96. The van der Waals surface area contributed by atoms with E-state index in [1.165, 1.54) is 11.1 Å². The lowest BCUT2D eigenvalue weighted by atomic mass is 10.0. The normalized spacial score (nSPS) is 13.8. The Morgan fingerprint density at radius 3 is 2.31 bits per heavy atom. The molecule has 3 N–H and O–H groups in total. The van der Waals surface area contributed by atoms with Gasteiger partial charge in [-0.15, -0.1) is 0 Å². The van der Waals surface area contributed by atoms with Crippen molar-refractivity contribution in [3.05, 3.63) is 84.2 Å². The summed E-state index contributed by atoms with van der Waals surface area (Å²) in [6, 6.07) is 20.7. The first-order valence-electron chi connectivity index (χ1n) is 11.4. The van der Waals surface area contributed by atoms with Crippen LogP contribution in [0.15, 0.2) is 73.1 Å². The number of hydrazine groups is 1. The average molecular weight is 488 g/mol. The molecule has 1 fully saturated rings. The Balaban J connectivity index is 0.000000917. The molecule has 0 aliphatic carbocycles. The number of ether oxygens (including phenoxy) is 1. The van der Waals surface area contributed by atoms with Crippen LogP contribution in [-0.4, -0.2) is 53.9 Å². The van der Waals surface area contributed by atoms with E-state index < -0.39 is 0 Å². The second-order valence-electron chi connectivity index (χ2n) is 7.99. The van der Waals surface area contributed by atoms with Crippen molar-refractivity contribution in [1.29, 1.82) is 0 Å². The molecule has 0 radical (unpaired) electrons. The maximum absolute atomic E-state index is 11.5. The number of nitrogens with zero attached hydrogens (tertiary/aromatic N) is 3. The monoisotopic (exact) mass is 487 g/mol. The predicted octanol–water partition coefficient (Wildman–Crippen LogP) is 4.34. The van der Waals surface area contributed by atoms with E-state index in [0.717, 1.165) is 66.1 Å². The molecule has 0 saturated carbocycles. The number of carbonyl (C=O) groups is 1. The van der Waals surface area contributed by atoms with Gasteiger partial charge < -0.3 is 4.74 Å². The lowest BCUT2D eigenvalue weighted by Gasteiger charge is -2.25. The van der Waals surface area contributed by atoms with Crippen molar-refractivity contribution in [3.63, 3.8) is 0 Å². The van der Waals surface area contributed by atoms with Crippen LogP contribution < -0.4 is 11.3 Å². The fourth-order valence-electron chi connectivity index (χ4n) is 3.81. The molecule has 3 heterocycles. The number of hydrogen-bond acceptors (Lipinski definition) is 8. The Morgan fingerprint density at radius 2 is 1.66 bits per heavy atom. The van der Waals surface area contributed by atoms with Crippen LogP contribution in [0.3, 0.4) is 0 Å². The molecule has 2 aromatic carbocycles. The van der Waals surface area contributed by atoms with Crippen LogP contribution in [0.5, 0.6) is 0 Å². The summed E-state index contributed by atoms with van der Waals surface area (Å²) in [6.45, 7) is 3.63. The van der Waals surface area contributed by atoms with E-state index in [9.17, 15) is 4.79 Å². The van der Waals surface area contributed by atoms with E-state index >= 15 is 0 Å². The van der Waals surface area contributed by atoms with Gasteiger partial charge in [0.05, 0.1) is 24.4 Å². The molecule has 0 spiro atoms. The molecule has 0 atom stereocenters. The fraction of sp³-hybridized carbons (Fsp3) is 0.222. The summed E-state index contributed by atoms with van der Waals surface area (Å²) in [5.74, 6) is 5.57. The van der Waals surface area contributed by atoms with Crippen molar-refractivity contribution in [2.45, 2.75) is 5.75 Å². The second kappa shape index (κ2) is 12.5. The summed E-state index contributed by atoms with van der Waals surface area (Å²) in [5, 5.41) is 0.773. The highest BCUT2D eigenvalue weighted by atomic mass is 32.2. The summed E-state index contributed by atoms with van der Waals surface area (Å²) < 4.78 is 7.79. The van der Waals surface area contributed by atoms with Gasteiger partial charge in [0.25, 0.3) is 0 Å². The number of aldehydes is 1. The van der Waals surface area contributed by atoms with Gasteiger partial charge in [-0.25, -0.2) is 9.29 Å². The minimum atomic E-state index is 0.604. The molecule has 8 heteroatoms. The summed E-state index contributed by atoms with van der Waals surface area (Å²) >= 11 is 1.87. The smallest absolute Gasteiger partial charge is 0.150 e. The molecule has 0 unspecified atom stereocenters. The maximum Gasteiger partial charge on any atom is 0.150 e. The molecule has 1 aliphatic rings. The topological polar surface area (TPSA) is 93.4 Å². The highest BCUT2D eigenvalue weighted by Gasteiger charge is 2.11. The highest BCUT2D eigenvalue weighted by Crippen LogP contribution is 2.27. The van der Waals surface area contributed by atoms with Crippen LogP contribution in [0.2, 0.25) is 0 Å². The maximum atomic E-state index is 11.5. The molecule has 180 valence electrons. The first kappa shape index (κ1) is 25.0. The van der Waals surface area contributed by atoms with E-state index in [-0.39, 0.29) is 0 Å². The molecule has 2 aromatic heterocycles. The van der Waals surface area contributed by atoms with Crippen molar-refractivity contribution in [2.75, 3.05) is 33.4 Å². The Hall–Kier alpha value is -3.14. The predicted molar refractivity (Wildman–Crippen MR) is 143 cm³/mol. The Labute approximate surface area is 209 Å². The molecular weight excluding hydrogens is 458 g/mol. The lowest BCUT2D eigenvalue weighted by molar-refractivity contribution is 0.0773. The number of fused-ring (bicyclic) bond motifs is 1. The molecule has 1 aliphatic heterocycles. The quantitative estimate of drug-likeness (QED) is 0.180. The number of rotatable bonds is 6. The van der Waals surface area contributed by atoms with Crippen molar-refractivity contribution in [1.82, 2.24) is 19.7 Å². The van der Waals surface area contributed by atoms with Gasteiger partial charge in [0.1, 0.15) is 0 Å². The SMILES string of the molecule is CNN.O=Cc1cc(-c2ccc(-c3ccc(CSN4CCOCC4)cc3)cc2)nc2ccncc12. The molecule has 7 nitrogen and oxygen atoms in total. The van der Waals surface area contributed by atoms with Crippen molar-refractivity contribution < 1.29 is 9.53 Å². The number of carbonyl (C=O) groups excluding carboxylic acids is 1. The third-order valence-corrected chi connectivity index (χ3v) is 6.81. The molecule has 5 rings (SSSR count). The first-order valence-corrected chi connectivity index (χ1v) is 12.4. The standard InChI is InChI=1S/C26H23N3O2S.CH6N2/c30-17-23-15-26(28-25-9-10-27-16-24(23)25)22-7-5-21(6-8-22)20-3-1-19(2-4-20)18-32-29-11-13-31-14-12-29;1-3-2/h1-10,15-17H,11-14,18H2;3H,2H2,1H3. The minimum absolute atomic E-state index is 0.604. The van der Waals surface area contributed by atoms with Crippen LogP contribution in [-0.2, 0) is 10.5 Å². The third-order valence-electron chi connectivity index (χ3n) is 5.62. The summed E-state index contributed by atoms with van der Waals surface area (Å²) in [5.41, 5.74) is 9.05. The van der Waals surface area contributed by atoms with Gasteiger partial charge in [0, 0.05) is 47.7 Å². The summed E-state index contributed by atoms with van der Waals surface area (Å²) in [6.07, 6.45) is 4.24. The van der Waals surface area contributed by atoms with Crippen LogP contribution in [0.1, 0.15) is 15.9 Å².